The number of likely N-dealkylation sites (N-methyl/N-ethyl adjacent to an activating group) is 1. The molecule has 0 radical (unpaired) electrons. The van der Waals surface area contributed by atoms with Crippen molar-refractivity contribution in [3.8, 4) is 0 Å². The third kappa shape index (κ3) is 5.75. The van der Waals surface area contributed by atoms with E-state index >= 15 is 0 Å². The smallest absolute Gasteiger partial charge is 0.229 e. The van der Waals surface area contributed by atoms with Gasteiger partial charge in [-0.1, -0.05) is 11.6 Å². The predicted octanol–water partition coefficient (Wildman–Crippen LogP) is 4.57. The number of hydrogen-bond acceptors (Lipinski definition) is 6. The summed E-state index contributed by atoms with van der Waals surface area (Å²) in [5.74, 6) is 0.162. The van der Waals surface area contributed by atoms with Crippen molar-refractivity contribution in [2.24, 2.45) is 0 Å². The van der Waals surface area contributed by atoms with Crippen LogP contribution in [0.4, 0.5) is 27.5 Å². The molecule has 6 nitrogen and oxygen atoms in total. The van der Waals surface area contributed by atoms with Crippen molar-refractivity contribution in [1.82, 2.24) is 14.9 Å². The lowest BCUT2D eigenvalue weighted by molar-refractivity contribution is 0.313. The van der Waals surface area contributed by atoms with Gasteiger partial charge in [-0.25, -0.2) is 9.37 Å². The third-order valence-corrected chi connectivity index (χ3v) is 5.54. The van der Waals surface area contributed by atoms with Gasteiger partial charge in [0.25, 0.3) is 0 Å². The summed E-state index contributed by atoms with van der Waals surface area (Å²) < 4.78 is 13.9. The maximum absolute atomic E-state index is 13.9. The molecule has 160 valence electrons. The largest absolute Gasteiger partial charge is 0.368 e. The highest BCUT2D eigenvalue weighted by atomic mass is 35.5. The lowest BCUT2D eigenvalue weighted by Crippen LogP contribution is -2.44. The molecule has 0 spiro atoms. The van der Waals surface area contributed by atoms with Crippen LogP contribution in [-0.4, -0.2) is 54.1 Å². The molecule has 1 aliphatic heterocycles. The first kappa shape index (κ1) is 23.7. The zero-order valence-electron chi connectivity index (χ0n) is 16.2. The Balaban J connectivity index is 0.00000150. The van der Waals surface area contributed by atoms with Crippen LogP contribution in [0.15, 0.2) is 24.4 Å². The second-order valence-electron chi connectivity index (χ2n) is 7.24. The van der Waals surface area contributed by atoms with E-state index < -0.39 is 5.82 Å². The number of benzene rings is 1. The Hall–Kier alpha value is -1.54. The Morgan fingerprint density at radius 2 is 1.86 bits per heavy atom. The fourth-order valence-electron chi connectivity index (χ4n) is 3.29. The Morgan fingerprint density at radius 1 is 1.14 bits per heavy atom. The predicted molar refractivity (Wildman–Crippen MR) is 122 cm³/mol. The van der Waals surface area contributed by atoms with Crippen molar-refractivity contribution < 1.29 is 4.39 Å². The van der Waals surface area contributed by atoms with Gasteiger partial charge in [0.1, 0.15) is 0 Å². The molecule has 0 atom stereocenters. The summed E-state index contributed by atoms with van der Waals surface area (Å²) in [6.45, 7) is 3.97. The zero-order chi connectivity index (χ0) is 18.8. The first-order valence-corrected chi connectivity index (χ1v) is 9.75. The maximum atomic E-state index is 13.9. The van der Waals surface area contributed by atoms with Crippen LogP contribution < -0.4 is 15.5 Å². The molecule has 1 aliphatic carbocycles. The fraction of sp³-hybridized carbons (Fsp3) is 0.474. The van der Waals surface area contributed by atoms with Gasteiger partial charge >= 0.3 is 0 Å². The summed E-state index contributed by atoms with van der Waals surface area (Å²) in [4.78, 5) is 12.9. The lowest BCUT2D eigenvalue weighted by Gasteiger charge is -2.34. The summed E-state index contributed by atoms with van der Waals surface area (Å²) in [6.07, 6.45) is 4.47. The molecule has 0 unspecified atom stereocenters. The Morgan fingerprint density at radius 3 is 2.48 bits per heavy atom. The van der Waals surface area contributed by atoms with E-state index in [2.05, 4.69) is 37.4 Å². The summed E-state index contributed by atoms with van der Waals surface area (Å²) in [6, 6.07) is 6.12. The molecule has 2 aromatic rings. The fourth-order valence-corrected chi connectivity index (χ4v) is 3.59. The van der Waals surface area contributed by atoms with Gasteiger partial charge in [0, 0.05) is 37.9 Å². The monoisotopic (exact) mass is 462 g/mol. The molecule has 1 aromatic carbocycles. The molecule has 2 aliphatic rings. The van der Waals surface area contributed by atoms with Crippen molar-refractivity contribution in [3.05, 3.63) is 35.2 Å². The van der Waals surface area contributed by atoms with Crippen LogP contribution >= 0.6 is 36.4 Å². The van der Waals surface area contributed by atoms with Gasteiger partial charge in [0.15, 0.2) is 11.6 Å². The number of hydrogen-bond donors (Lipinski definition) is 2. The molecule has 1 aromatic heterocycles. The first-order chi connectivity index (χ1) is 13.1. The van der Waals surface area contributed by atoms with E-state index in [1.165, 1.54) is 12.6 Å². The van der Waals surface area contributed by atoms with E-state index in [0.29, 0.717) is 17.0 Å². The second-order valence-corrected chi connectivity index (χ2v) is 7.65. The molecular weight excluding hydrogens is 438 g/mol. The van der Waals surface area contributed by atoms with Crippen LogP contribution in [0.25, 0.3) is 0 Å². The summed E-state index contributed by atoms with van der Waals surface area (Å²) in [5.41, 5.74) is 1.81. The lowest BCUT2D eigenvalue weighted by atomic mass is 9.93. The van der Waals surface area contributed by atoms with Gasteiger partial charge in [0.05, 0.1) is 16.9 Å². The number of halogens is 4. The molecular formula is C19H26Cl3FN6. The summed E-state index contributed by atoms with van der Waals surface area (Å²) in [5, 5.41) is 6.94. The van der Waals surface area contributed by atoms with Gasteiger partial charge in [0.2, 0.25) is 5.95 Å². The maximum Gasteiger partial charge on any atom is 0.229 e. The standard InChI is InChI=1S/C19H24ClFN6.2ClH/c1-26-7-9-27(10-8-26)17-6-5-14(11-15(17)20)24-19-22-12-16(21)18(25-19)23-13-3-2-4-13;;/h5-6,11-13H,2-4,7-10H2,1H3,(H2,22,23,24,25);2*1H. The van der Waals surface area contributed by atoms with E-state index in [1.807, 2.05) is 18.2 Å². The topological polar surface area (TPSA) is 56.3 Å². The minimum Gasteiger partial charge on any atom is -0.368 e. The van der Waals surface area contributed by atoms with Crippen LogP contribution in [0.2, 0.25) is 5.02 Å². The normalized spacial score (nSPS) is 17.0. The van der Waals surface area contributed by atoms with E-state index in [0.717, 1.165) is 50.4 Å². The van der Waals surface area contributed by atoms with Crippen molar-refractivity contribution in [2.45, 2.75) is 25.3 Å². The van der Waals surface area contributed by atoms with Crippen molar-refractivity contribution >= 4 is 59.6 Å². The molecule has 2 fully saturated rings. The van der Waals surface area contributed by atoms with Crippen LogP contribution in [0.1, 0.15) is 19.3 Å². The zero-order valence-corrected chi connectivity index (χ0v) is 18.6. The molecule has 10 heteroatoms. The Labute approximate surface area is 188 Å². The molecule has 29 heavy (non-hydrogen) atoms. The average Bonchev–Trinajstić information content (AvgIpc) is 2.62. The molecule has 2 N–H and O–H groups in total. The van der Waals surface area contributed by atoms with Crippen molar-refractivity contribution in [3.63, 3.8) is 0 Å². The van der Waals surface area contributed by atoms with E-state index in [4.69, 9.17) is 11.6 Å². The van der Waals surface area contributed by atoms with Gasteiger partial charge in [-0.3, -0.25) is 0 Å². The van der Waals surface area contributed by atoms with E-state index in [1.54, 1.807) is 0 Å². The highest BCUT2D eigenvalue weighted by molar-refractivity contribution is 6.33. The average molecular weight is 464 g/mol. The molecule has 1 saturated heterocycles. The quantitative estimate of drug-likeness (QED) is 0.677. The molecule has 2 heterocycles. The van der Waals surface area contributed by atoms with Gasteiger partial charge in [-0.15, -0.1) is 24.8 Å². The van der Waals surface area contributed by atoms with Crippen LogP contribution in [-0.2, 0) is 0 Å². The molecule has 1 saturated carbocycles. The minimum absolute atomic E-state index is 0. The number of aromatic nitrogens is 2. The van der Waals surface area contributed by atoms with E-state index in [-0.39, 0.29) is 30.6 Å². The summed E-state index contributed by atoms with van der Waals surface area (Å²) in [7, 11) is 2.13. The van der Waals surface area contributed by atoms with Crippen LogP contribution in [0, 0.1) is 5.82 Å². The number of nitrogens with zero attached hydrogens (tertiary/aromatic N) is 4. The number of anilines is 4. The van der Waals surface area contributed by atoms with E-state index in [9.17, 15) is 4.39 Å². The minimum atomic E-state index is -0.434. The number of rotatable bonds is 5. The Bertz CT molecular complexity index is 813. The molecule has 0 bridgehead atoms. The number of nitrogens with one attached hydrogen (secondary N) is 2. The number of piperazine rings is 1. The first-order valence-electron chi connectivity index (χ1n) is 9.37. The molecule has 4 rings (SSSR count). The van der Waals surface area contributed by atoms with Gasteiger partial charge in [-0.2, -0.15) is 4.98 Å². The second kappa shape index (κ2) is 10.5. The van der Waals surface area contributed by atoms with Crippen LogP contribution in [0.3, 0.4) is 0 Å². The third-order valence-electron chi connectivity index (χ3n) is 5.24. The van der Waals surface area contributed by atoms with Crippen molar-refractivity contribution in [2.75, 3.05) is 48.8 Å². The summed E-state index contributed by atoms with van der Waals surface area (Å²) >= 11 is 6.51. The van der Waals surface area contributed by atoms with Gasteiger partial charge < -0.3 is 20.4 Å². The highest BCUT2D eigenvalue weighted by Gasteiger charge is 2.20. The van der Waals surface area contributed by atoms with Crippen LogP contribution in [0.5, 0.6) is 0 Å². The SMILES string of the molecule is CN1CCN(c2ccc(Nc3ncc(F)c(NC4CCC4)n3)cc2Cl)CC1.Cl.Cl. The highest BCUT2D eigenvalue weighted by Crippen LogP contribution is 2.31. The molecule has 0 amide bonds. The van der Waals surface area contributed by atoms with Gasteiger partial charge in [-0.05, 0) is 44.5 Å². The Kier molecular flexibility index (Phi) is 8.58. The van der Waals surface area contributed by atoms with Crippen molar-refractivity contribution in [1.29, 1.82) is 0 Å².